The van der Waals surface area contributed by atoms with E-state index in [2.05, 4.69) is 5.16 Å². The van der Waals surface area contributed by atoms with Crippen LogP contribution in [0.25, 0.3) is 0 Å². The molecule has 0 atom stereocenters. The van der Waals surface area contributed by atoms with Gasteiger partial charge in [0.15, 0.2) is 10.7 Å². The normalized spacial score (nSPS) is 11.4. The van der Waals surface area contributed by atoms with Gasteiger partial charge in [0.1, 0.15) is 12.2 Å². The van der Waals surface area contributed by atoms with Gasteiger partial charge < -0.3 is 9.42 Å². The minimum absolute atomic E-state index is 0.00910. The van der Waals surface area contributed by atoms with Gasteiger partial charge in [-0.15, -0.1) is 0 Å². The Hall–Kier alpha value is -3.13. The Bertz CT molecular complexity index is 1150. The van der Waals surface area contributed by atoms with Crippen molar-refractivity contribution in [1.29, 1.82) is 0 Å². The van der Waals surface area contributed by atoms with Crippen LogP contribution in [0.4, 0.5) is 5.69 Å². The second-order valence-corrected chi connectivity index (χ2v) is 9.55. The quantitative estimate of drug-likeness (QED) is 0.557. The third-order valence-electron chi connectivity index (χ3n) is 4.98. The average Bonchev–Trinajstić information content (AvgIpc) is 3.04. The number of carbonyl (C=O) groups excluding carboxylic acids is 1. The van der Waals surface area contributed by atoms with Gasteiger partial charge in [-0.1, -0.05) is 41.6 Å². The number of rotatable bonds is 7. The maximum absolute atomic E-state index is 13.6. The molecule has 1 amide bonds. The molecule has 1 heterocycles. The number of aryl methyl sites for hydroxylation is 4. The van der Waals surface area contributed by atoms with E-state index < -0.39 is 10.0 Å². The van der Waals surface area contributed by atoms with E-state index in [1.54, 1.807) is 33.0 Å². The molecule has 2 aromatic carbocycles. The third-order valence-corrected chi connectivity index (χ3v) is 7.00. The zero-order valence-electron chi connectivity index (χ0n) is 18.4. The number of nitrogens with zero attached hydrogens (tertiary/aromatic N) is 3. The Balaban J connectivity index is 1.99. The lowest BCUT2D eigenvalue weighted by atomic mass is 10.1. The summed E-state index contributed by atoms with van der Waals surface area (Å²) in [6, 6.07) is 15.0. The highest BCUT2D eigenvalue weighted by molar-refractivity contribution is 7.93. The lowest BCUT2D eigenvalue weighted by Gasteiger charge is -2.27. The summed E-state index contributed by atoms with van der Waals surface area (Å²) in [6.07, 6.45) is 0. The van der Waals surface area contributed by atoms with Gasteiger partial charge in [0.2, 0.25) is 5.91 Å². The van der Waals surface area contributed by atoms with Crippen LogP contribution in [-0.4, -0.2) is 38.0 Å². The van der Waals surface area contributed by atoms with Gasteiger partial charge in [0.25, 0.3) is 10.0 Å². The molecule has 0 aliphatic carbocycles. The highest BCUT2D eigenvalue weighted by atomic mass is 32.2. The molecule has 0 saturated carbocycles. The topological polar surface area (TPSA) is 83.7 Å². The summed E-state index contributed by atoms with van der Waals surface area (Å²) in [4.78, 5) is 14.6. The summed E-state index contributed by atoms with van der Waals surface area (Å²) in [7, 11) is -2.41. The first-order valence-electron chi connectivity index (χ1n) is 9.91. The fourth-order valence-electron chi connectivity index (χ4n) is 3.55. The Kier molecular flexibility index (Phi) is 6.50. The highest BCUT2D eigenvalue weighted by Crippen LogP contribution is 2.29. The predicted molar refractivity (Wildman–Crippen MR) is 119 cm³/mol. The number of likely N-dealkylation sites (N-methyl/N-ethyl adjacent to an activating group) is 1. The van der Waals surface area contributed by atoms with Crippen LogP contribution in [-0.2, 0) is 21.4 Å². The summed E-state index contributed by atoms with van der Waals surface area (Å²) in [5, 5.41) is 3.79. The Morgan fingerprint density at radius 3 is 2.16 bits per heavy atom. The molecule has 3 aromatic rings. The minimum atomic E-state index is -4.08. The molecule has 164 valence electrons. The second-order valence-electron chi connectivity index (χ2n) is 7.75. The molecule has 0 bridgehead atoms. The monoisotopic (exact) mass is 441 g/mol. The molecule has 0 radical (unpaired) electrons. The van der Waals surface area contributed by atoms with Crippen LogP contribution in [0.15, 0.2) is 57.9 Å². The predicted octanol–water partition coefficient (Wildman–Crippen LogP) is 3.76. The van der Waals surface area contributed by atoms with E-state index >= 15 is 0 Å². The molecular formula is C23H27N3O4S. The number of anilines is 1. The molecule has 31 heavy (non-hydrogen) atoms. The van der Waals surface area contributed by atoms with E-state index in [0.29, 0.717) is 12.2 Å². The van der Waals surface area contributed by atoms with Crippen LogP contribution >= 0.6 is 0 Å². The van der Waals surface area contributed by atoms with Crippen LogP contribution in [0.2, 0.25) is 0 Å². The SMILES string of the molecule is Cc1cc(C)cc(N(CC(=O)N(C)Cc2ccccc2)S(=O)(=O)c2c(C)noc2C)c1. The molecule has 0 aliphatic rings. The van der Waals surface area contributed by atoms with Crippen molar-refractivity contribution < 1.29 is 17.7 Å². The van der Waals surface area contributed by atoms with Crippen molar-refractivity contribution in [3.8, 4) is 0 Å². The molecule has 8 heteroatoms. The second kappa shape index (κ2) is 8.93. The Morgan fingerprint density at radius 1 is 1.00 bits per heavy atom. The van der Waals surface area contributed by atoms with Crippen molar-refractivity contribution in [3.05, 3.63) is 76.7 Å². The van der Waals surface area contributed by atoms with Gasteiger partial charge in [-0.25, -0.2) is 8.42 Å². The van der Waals surface area contributed by atoms with Crippen molar-refractivity contribution in [3.63, 3.8) is 0 Å². The van der Waals surface area contributed by atoms with Gasteiger partial charge in [-0.05, 0) is 56.5 Å². The van der Waals surface area contributed by atoms with Gasteiger partial charge in [0, 0.05) is 13.6 Å². The maximum atomic E-state index is 13.6. The first-order chi connectivity index (χ1) is 14.6. The summed E-state index contributed by atoms with van der Waals surface area (Å²) >= 11 is 0. The zero-order valence-corrected chi connectivity index (χ0v) is 19.2. The number of aromatic nitrogens is 1. The van der Waals surface area contributed by atoms with E-state index in [4.69, 9.17) is 4.52 Å². The molecule has 1 aromatic heterocycles. The van der Waals surface area contributed by atoms with Gasteiger partial charge in [0.05, 0.1) is 5.69 Å². The largest absolute Gasteiger partial charge is 0.360 e. The summed E-state index contributed by atoms with van der Waals surface area (Å²) in [5.41, 5.74) is 3.46. The summed E-state index contributed by atoms with van der Waals surface area (Å²) in [6.45, 7) is 6.95. The number of carbonyl (C=O) groups is 1. The van der Waals surface area contributed by atoms with E-state index in [0.717, 1.165) is 21.0 Å². The van der Waals surface area contributed by atoms with Crippen molar-refractivity contribution in [2.45, 2.75) is 39.1 Å². The number of hydrogen-bond acceptors (Lipinski definition) is 5. The smallest absolute Gasteiger partial charge is 0.270 e. The minimum Gasteiger partial charge on any atom is -0.360 e. The number of sulfonamides is 1. The van der Waals surface area contributed by atoms with Gasteiger partial charge in [-0.2, -0.15) is 0 Å². The first kappa shape index (κ1) is 22.6. The Morgan fingerprint density at radius 2 is 1.61 bits per heavy atom. The van der Waals surface area contributed by atoms with E-state index in [1.807, 2.05) is 50.2 Å². The van der Waals surface area contributed by atoms with Crippen molar-refractivity contribution in [2.75, 3.05) is 17.9 Å². The average molecular weight is 442 g/mol. The van der Waals surface area contributed by atoms with E-state index in [1.165, 1.54) is 4.90 Å². The standard InChI is InChI=1S/C23H27N3O4S/c1-16-11-17(2)13-21(12-16)26(31(28,29)23-18(3)24-30-19(23)4)15-22(27)25(5)14-20-9-7-6-8-10-20/h6-13H,14-15H2,1-5H3. The number of benzene rings is 2. The first-order valence-corrected chi connectivity index (χ1v) is 11.4. The fraction of sp³-hybridized carbons (Fsp3) is 0.304. The number of hydrogen-bond donors (Lipinski definition) is 0. The van der Waals surface area contributed by atoms with Crippen LogP contribution in [0.5, 0.6) is 0 Å². The van der Waals surface area contributed by atoms with Crippen molar-refractivity contribution >= 4 is 21.6 Å². The fourth-order valence-corrected chi connectivity index (χ4v) is 5.25. The molecule has 0 saturated heterocycles. The van der Waals surface area contributed by atoms with E-state index in [9.17, 15) is 13.2 Å². The Labute approximate surface area is 183 Å². The van der Waals surface area contributed by atoms with Crippen molar-refractivity contribution in [2.24, 2.45) is 0 Å². The van der Waals surface area contributed by atoms with Crippen LogP contribution in [0, 0.1) is 27.7 Å². The highest BCUT2D eigenvalue weighted by Gasteiger charge is 2.33. The van der Waals surface area contributed by atoms with E-state index in [-0.39, 0.29) is 28.8 Å². The maximum Gasteiger partial charge on any atom is 0.270 e. The zero-order chi connectivity index (χ0) is 22.8. The van der Waals surface area contributed by atoms with Crippen LogP contribution < -0.4 is 4.31 Å². The third kappa shape index (κ3) is 4.96. The lowest BCUT2D eigenvalue weighted by Crippen LogP contribution is -2.41. The molecule has 0 unspecified atom stereocenters. The molecule has 0 aliphatic heterocycles. The van der Waals surface area contributed by atoms with Gasteiger partial charge in [-0.3, -0.25) is 9.10 Å². The van der Waals surface area contributed by atoms with Gasteiger partial charge >= 0.3 is 0 Å². The van der Waals surface area contributed by atoms with Crippen LogP contribution in [0.3, 0.4) is 0 Å². The van der Waals surface area contributed by atoms with Crippen molar-refractivity contribution in [1.82, 2.24) is 10.1 Å². The molecular weight excluding hydrogens is 414 g/mol. The van der Waals surface area contributed by atoms with Crippen LogP contribution in [0.1, 0.15) is 28.1 Å². The molecule has 3 rings (SSSR count). The number of amides is 1. The lowest BCUT2D eigenvalue weighted by molar-refractivity contribution is -0.128. The summed E-state index contributed by atoms with van der Waals surface area (Å²) in [5.74, 6) is -0.129. The molecule has 0 fully saturated rings. The molecule has 7 nitrogen and oxygen atoms in total. The summed E-state index contributed by atoms with van der Waals surface area (Å²) < 4.78 is 33.5. The molecule has 0 spiro atoms. The molecule has 0 N–H and O–H groups in total.